The summed E-state index contributed by atoms with van der Waals surface area (Å²) in [5.74, 6) is 0.524. The van der Waals surface area contributed by atoms with Crippen LogP contribution in [0, 0.1) is 0 Å². The van der Waals surface area contributed by atoms with Gasteiger partial charge in [0, 0.05) is 42.8 Å². The summed E-state index contributed by atoms with van der Waals surface area (Å²) in [7, 11) is 0. The number of fused-ring (bicyclic) bond motifs is 6. The van der Waals surface area contributed by atoms with Gasteiger partial charge >= 0.3 is 0 Å². The molecule has 3 aliphatic carbocycles. The molecule has 0 N–H and O–H groups in total. The number of rotatable bonds is 1. The Kier molecular flexibility index (Phi) is 3.97. The average Bonchev–Trinajstić information content (AvgIpc) is 3.57. The first-order chi connectivity index (χ1) is 19.9. The van der Waals surface area contributed by atoms with Gasteiger partial charge in [-0.3, -0.25) is 0 Å². The third-order valence-corrected chi connectivity index (χ3v) is 10.5. The molecule has 0 fully saturated rings. The van der Waals surface area contributed by atoms with Crippen molar-refractivity contribution in [1.82, 2.24) is 4.57 Å². The first-order valence-electron chi connectivity index (χ1n) is 14.0. The molecule has 186 valence electrons. The van der Waals surface area contributed by atoms with Gasteiger partial charge in [0.25, 0.3) is 0 Å². The van der Waals surface area contributed by atoms with Crippen molar-refractivity contribution in [3.05, 3.63) is 161 Å². The van der Waals surface area contributed by atoms with Gasteiger partial charge in [0.1, 0.15) is 0 Å². The molecule has 6 aromatic carbocycles. The smallest absolute Gasteiger partial charge is 0.0555 e. The standard InChI is InChI=1S/C38H23NS/c1-3-12-24-22(10-1)34-23-11-2-4-13-25(23)35(24)38-28(34)20-21-31-37(38)26-14-5-7-16-29(26)39(31)30-17-9-19-33-36(30)27-15-6-8-18-32(27)40-33/h1-21,34-35H. The molecule has 8 aromatic rings. The van der Waals surface area contributed by atoms with Gasteiger partial charge in [0.15, 0.2) is 0 Å². The van der Waals surface area contributed by atoms with Crippen molar-refractivity contribution >= 4 is 53.3 Å². The monoisotopic (exact) mass is 525 g/mol. The lowest BCUT2D eigenvalue weighted by atomic mass is 9.60. The van der Waals surface area contributed by atoms with Gasteiger partial charge in [-0.25, -0.2) is 0 Å². The average molecular weight is 526 g/mol. The number of benzene rings is 6. The topological polar surface area (TPSA) is 4.93 Å². The molecule has 3 aliphatic rings. The molecule has 2 aromatic heterocycles. The first kappa shape index (κ1) is 21.2. The molecule has 0 unspecified atom stereocenters. The van der Waals surface area contributed by atoms with Crippen molar-refractivity contribution in [2.75, 3.05) is 0 Å². The predicted molar refractivity (Wildman–Crippen MR) is 168 cm³/mol. The summed E-state index contributed by atoms with van der Waals surface area (Å²) in [6.45, 7) is 0. The number of hydrogen-bond donors (Lipinski definition) is 0. The summed E-state index contributed by atoms with van der Waals surface area (Å²) >= 11 is 1.89. The van der Waals surface area contributed by atoms with E-state index in [0.29, 0.717) is 0 Å². The fraction of sp³-hybridized carbons (Fsp3) is 0.0526. The molecule has 1 nitrogen and oxygen atoms in total. The lowest BCUT2D eigenvalue weighted by Gasteiger charge is -2.42. The highest BCUT2D eigenvalue weighted by molar-refractivity contribution is 7.25. The van der Waals surface area contributed by atoms with E-state index in [0.717, 1.165) is 0 Å². The second-order valence-corrected chi connectivity index (χ2v) is 12.3. The Labute approximate surface area is 235 Å². The Morgan fingerprint density at radius 2 is 1.05 bits per heavy atom. The molecule has 0 saturated heterocycles. The molecular formula is C38H23NS. The van der Waals surface area contributed by atoms with Crippen molar-refractivity contribution in [3.63, 3.8) is 0 Å². The minimum absolute atomic E-state index is 0.244. The van der Waals surface area contributed by atoms with Gasteiger partial charge in [-0.05, 0) is 63.7 Å². The molecule has 2 bridgehead atoms. The highest BCUT2D eigenvalue weighted by Gasteiger charge is 2.42. The molecule has 11 rings (SSSR count). The molecule has 0 saturated carbocycles. The van der Waals surface area contributed by atoms with Crippen LogP contribution in [0.3, 0.4) is 0 Å². The normalized spacial score (nSPS) is 17.0. The summed E-state index contributed by atoms with van der Waals surface area (Å²) < 4.78 is 5.21. The lowest BCUT2D eigenvalue weighted by Crippen LogP contribution is -2.27. The van der Waals surface area contributed by atoms with Crippen LogP contribution < -0.4 is 0 Å². The van der Waals surface area contributed by atoms with Crippen molar-refractivity contribution in [2.45, 2.75) is 11.8 Å². The number of nitrogens with zero attached hydrogens (tertiary/aromatic N) is 1. The molecule has 2 heterocycles. The Morgan fingerprint density at radius 3 is 1.82 bits per heavy atom. The Balaban J connectivity index is 1.38. The molecule has 0 atom stereocenters. The highest BCUT2D eigenvalue weighted by Crippen LogP contribution is 2.58. The number of aromatic nitrogens is 1. The van der Waals surface area contributed by atoms with Crippen LogP contribution in [0.5, 0.6) is 0 Å². The van der Waals surface area contributed by atoms with Crippen molar-refractivity contribution in [3.8, 4) is 5.69 Å². The van der Waals surface area contributed by atoms with E-state index in [1.165, 1.54) is 81.0 Å². The van der Waals surface area contributed by atoms with E-state index in [9.17, 15) is 0 Å². The van der Waals surface area contributed by atoms with Crippen molar-refractivity contribution in [2.24, 2.45) is 0 Å². The first-order valence-corrected chi connectivity index (χ1v) is 14.8. The van der Waals surface area contributed by atoms with Crippen LogP contribution >= 0.6 is 11.3 Å². The zero-order chi connectivity index (χ0) is 25.9. The van der Waals surface area contributed by atoms with Gasteiger partial charge < -0.3 is 4.57 Å². The third-order valence-electron chi connectivity index (χ3n) is 9.37. The molecule has 0 aliphatic heterocycles. The zero-order valence-corrected chi connectivity index (χ0v) is 22.5. The van der Waals surface area contributed by atoms with Crippen LogP contribution in [0.25, 0.3) is 47.7 Å². The van der Waals surface area contributed by atoms with Crippen LogP contribution in [-0.2, 0) is 0 Å². The molecule has 0 radical (unpaired) electrons. The van der Waals surface area contributed by atoms with Crippen LogP contribution in [-0.4, -0.2) is 4.57 Å². The second-order valence-electron chi connectivity index (χ2n) is 11.2. The van der Waals surface area contributed by atoms with Gasteiger partial charge in [-0.15, -0.1) is 11.3 Å². The fourth-order valence-corrected chi connectivity index (χ4v) is 9.05. The van der Waals surface area contributed by atoms with E-state index in [-0.39, 0.29) is 11.8 Å². The van der Waals surface area contributed by atoms with Crippen LogP contribution in [0.1, 0.15) is 45.2 Å². The number of para-hydroxylation sites is 1. The molecule has 40 heavy (non-hydrogen) atoms. The molecule has 0 spiro atoms. The lowest BCUT2D eigenvalue weighted by molar-refractivity contribution is 0.761. The van der Waals surface area contributed by atoms with E-state index in [4.69, 9.17) is 0 Å². The third kappa shape index (κ3) is 2.49. The number of hydrogen-bond acceptors (Lipinski definition) is 1. The minimum atomic E-state index is 0.244. The summed E-state index contributed by atoms with van der Waals surface area (Å²) in [5, 5.41) is 5.43. The van der Waals surface area contributed by atoms with Crippen LogP contribution in [0.2, 0.25) is 0 Å². The van der Waals surface area contributed by atoms with Crippen LogP contribution in [0.15, 0.2) is 127 Å². The van der Waals surface area contributed by atoms with Gasteiger partial charge in [-0.2, -0.15) is 0 Å². The Hall–Kier alpha value is -4.66. The largest absolute Gasteiger partial charge is 0.309 e. The SMILES string of the molecule is c1ccc2c(c1)C1c3ccccc3C2c2c1ccc1c2c2ccccc2n1-c1cccc2sc3ccccc3c12. The van der Waals surface area contributed by atoms with E-state index in [2.05, 4.69) is 132 Å². The molecular weight excluding hydrogens is 502 g/mol. The predicted octanol–water partition coefficient (Wildman–Crippen LogP) is 10.1. The van der Waals surface area contributed by atoms with E-state index >= 15 is 0 Å². The van der Waals surface area contributed by atoms with Gasteiger partial charge in [0.2, 0.25) is 0 Å². The fourth-order valence-electron chi connectivity index (χ4n) is 7.92. The van der Waals surface area contributed by atoms with Gasteiger partial charge in [-0.1, -0.05) is 97.1 Å². The zero-order valence-electron chi connectivity index (χ0n) is 21.6. The van der Waals surface area contributed by atoms with Crippen molar-refractivity contribution in [1.29, 1.82) is 0 Å². The second kappa shape index (κ2) is 7.50. The van der Waals surface area contributed by atoms with E-state index < -0.39 is 0 Å². The number of thiophene rings is 1. The maximum absolute atomic E-state index is 2.53. The molecule has 0 amide bonds. The highest BCUT2D eigenvalue weighted by atomic mass is 32.1. The van der Waals surface area contributed by atoms with Crippen molar-refractivity contribution < 1.29 is 0 Å². The summed E-state index contributed by atoms with van der Waals surface area (Å²) in [5.41, 5.74) is 12.7. The van der Waals surface area contributed by atoms with E-state index in [1.54, 1.807) is 0 Å². The van der Waals surface area contributed by atoms with Crippen LogP contribution in [0.4, 0.5) is 0 Å². The van der Waals surface area contributed by atoms with Gasteiger partial charge in [0.05, 0.1) is 16.7 Å². The maximum Gasteiger partial charge on any atom is 0.0555 e. The summed E-state index contributed by atoms with van der Waals surface area (Å²) in [6.07, 6.45) is 0. The summed E-state index contributed by atoms with van der Waals surface area (Å²) in [6, 6.07) is 47.8. The van der Waals surface area contributed by atoms with E-state index in [1.807, 2.05) is 11.3 Å². The quantitative estimate of drug-likeness (QED) is 0.201. The maximum atomic E-state index is 2.53. The molecule has 2 heteroatoms. The summed E-state index contributed by atoms with van der Waals surface area (Å²) in [4.78, 5) is 0. The Bertz CT molecular complexity index is 2300. The minimum Gasteiger partial charge on any atom is -0.309 e. The Morgan fingerprint density at radius 1 is 0.425 bits per heavy atom.